The summed E-state index contributed by atoms with van der Waals surface area (Å²) < 4.78 is 66.0. The summed E-state index contributed by atoms with van der Waals surface area (Å²) in [5.41, 5.74) is -0.460. The van der Waals surface area contributed by atoms with Gasteiger partial charge in [-0.05, 0) is 46.1 Å². The first-order valence-electron chi connectivity index (χ1n) is 7.42. The summed E-state index contributed by atoms with van der Waals surface area (Å²) in [6, 6.07) is 3.78. The van der Waals surface area contributed by atoms with Gasteiger partial charge < -0.3 is 4.90 Å². The van der Waals surface area contributed by atoms with Gasteiger partial charge in [-0.2, -0.15) is 13.2 Å². The zero-order chi connectivity index (χ0) is 19.2. The number of nitrogens with zero attached hydrogens (tertiary/aromatic N) is 1. The van der Waals surface area contributed by atoms with E-state index in [4.69, 9.17) is 11.6 Å². The van der Waals surface area contributed by atoms with Gasteiger partial charge in [0.15, 0.2) is 0 Å². The van der Waals surface area contributed by atoms with Crippen LogP contribution in [0, 0.1) is 11.6 Å². The number of anilines is 1. The minimum absolute atomic E-state index is 0.000244. The van der Waals surface area contributed by atoms with E-state index in [-0.39, 0.29) is 45.7 Å². The van der Waals surface area contributed by atoms with E-state index in [0.717, 1.165) is 29.2 Å². The van der Waals surface area contributed by atoms with Gasteiger partial charge in [0.2, 0.25) is 5.91 Å². The molecule has 0 spiro atoms. The van der Waals surface area contributed by atoms with Crippen LogP contribution in [0.3, 0.4) is 0 Å². The molecule has 0 saturated carbocycles. The molecule has 3 rings (SSSR count). The standard InChI is InChI=1S/C17H10BrClF5NO/c18-15-12(20)6-13-10(16(15)21)3-4-14(26)25(13)7-8-1-2-9(5-11(8)19)17(22,23)24/h1-2,5-6H,3-4,7H2. The van der Waals surface area contributed by atoms with Crippen LogP contribution >= 0.6 is 27.5 Å². The van der Waals surface area contributed by atoms with E-state index in [1.165, 1.54) is 0 Å². The van der Waals surface area contributed by atoms with Crippen LogP contribution in [-0.4, -0.2) is 5.91 Å². The Labute approximate surface area is 158 Å². The number of carbonyl (C=O) groups excluding carboxylic acids is 1. The van der Waals surface area contributed by atoms with Crippen LogP contribution in [0.2, 0.25) is 5.02 Å². The summed E-state index contributed by atoms with van der Waals surface area (Å²) in [4.78, 5) is 13.4. The molecule has 2 nitrogen and oxygen atoms in total. The van der Waals surface area contributed by atoms with E-state index in [9.17, 15) is 26.7 Å². The molecule has 2 aromatic carbocycles. The number of hydrogen-bond donors (Lipinski definition) is 0. The fourth-order valence-corrected chi connectivity index (χ4v) is 3.39. The molecule has 1 aliphatic rings. The normalized spacial score (nSPS) is 14.6. The lowest BCUT2D eigenvalue weighted by atomic mass is 9.99. The molecule has 0 saturated heterocycles. The van der Waals surface area contributed by atoms with Crippen molar-refractivity contribution in [1.29, 1.82) is 0 Å². The average Bonchev–Trinajstić information content (AvgIpc) is 2.56. The maximum absolute atomic E-state index is 14.3. The maximum atomic E-state index is 14.3. The monoisotopic (exact) mass is 453 g/mol. The molecule has 0 fully saturated rings. The van der Waals surface area contributed by atoms with Crippen LogP contribution in [0.1, 0.15) is 23.1 Å². The maximum Gasteiger partial charge on any atom is 0.416 e. The smallest absolute Gasteiger partial charge is 0.307 e. The fraction of sp³-hybridized carbons (Fsp3) is 0.235. The second-order valence-electron chi connectivity index (χ2n) is 5.77. The Morgan fingerprint density at radius 3 is 2.46 bits per heavy atom. The molecule has 1 aliphatic heterocycles. The topological polar surface area (TPSA) is 20.3 Å². The lowest BCUT2D eigenvalue weighted by Crippen LogP contribution is -2.35. The molecule has 0 atom stereocenters. The summed E-state index contributed by atoms with van der Waals surface area (Å²) in [7, 11) is 0. The van der Waals surface area contributed by atoms with E-state index in [1.807, 2.05) is 0 Å². The number of hydrogen-bond acceptors (Lipinski definition) is 1. The van der Waals surface area contributed by atoms with Crippen LogP contribution < -0.4 is 4.90 Å². The van der Waals surface area contributed by atoms with E-state index in [0.29, 0.717) is 0 Å². The molecule has 0 aromatic heterocycles. The highest BCUT2D eigenvalue weighted by atomic mass is 79.9. The molecule has 1 heterocycles. The molecule has 0 radical (unpaired) electrons. The molecule has 26 heavy (non-hydrogen) atoms. The van der Waals surface area contributed by atoms with Gasteiger partial charge >= 0.3 is 6.18 Å². The number of alkyl halides is 3. The zero-order valence-electron chi connectivity index (χ0n) is 12.9. The molecule has 0 unspecified atom stereocenters. The van der Waals surface area contributed by atoms with E-state index in [1.54, 1.807) is 0 Å². The quantitative estimate of drug-likeness (QED) is 0.410. The lowest BCUT2D eigenvalue weighted by molar-refractivity contribution is -0.137. The van der Waals surface area contributed by atoms with Crippen molar-refractivity contribution in [3.63, 3.8) is 0 Å². The molecule has 9 heteroatoms. The number of amides is 1. The van der Waals surface area contributed by atoms with Crippen molar-refractivity contribution in [1.82, 2.24) is 0 Å². The van der Waals surface area contributed by atoms with Gasteiger partial charge in [-0.15, -0.1) is 0 Å². The summed E-state index contributed by atoms with van der Waals surface area (Å²) in [6.07, 6.45) is -4.44. The van der Waals surface area contributed by atoms with Crippen molar-refractivity contribution in [2.45, 2.75) is 25.6 Å². The molecule has 0 bridgehead atoms. The van der Waals surface area contributed by atoms with Gasteiger partial charge in [0.05, 0.1) is 22.3 Å². The Hall–Kier alpha value is -1.67. The molecule has 1 amide bonds. The number of carbonyl (C=O) groups is 1. The number of halogens is 7. The third kappa shape index (κ3) is 3.44. The van der Waals surface area contributed by atoms with Crippen molar-refractivity contribution in [2.24, 2.45) is 0 Å². The first-order chi connectivity index (χ1) is 12.1. The summed E-state index contributed by atoms with van der Waals surface area (Å²) in [5.74, 6) is -2.06. The minimum Gasteiger partial charge on any atom is -0.307 e. The van der Waals surface area contributed by atoms with Crippen molar-refractivity contribution in [3.8, 4) is 0 Å². The van der Waals surface area contributed by atoms with Crippen LogP contribution in [0.15, 0.2) is 28.7 Å². The van der Waals surface area contributed by atoms with Gasteiger partial charge in [-0.25, -0.2) is 8.78 Å². The van der Waals surface area contributed by atoms with Crippen LogP contribution in [0.5, 0.6) is 0 Å². The van der Waals surface area contributed by atoms with Gasteiger partial charge in [-0.1, -0.05) is 17.7 Å². The van der Waals surface area contributed by atoms with Gasteiger partial charge in [0.1, 0.15) is 11.6 Å². The van der Waals surface area contributed by atoms with Crippen molar-refractivity contribution >= 4 is 39.1 Å². The Morgan fingerprint density at radius 2 is 1.85 bits per heavy atom. The molecular weight excluding hydrogens is 445 g/mol. The highest BCUT2D eigenvalue weighted by molar-refractivity contribution is 9.10. The van der Waals surface area contributed by atoms with Crippen LogP contribution in [0.25, 0.3) is 0 Å². The third-order valence-electron chi connectivity index (χ3n) is 4.13. The fourth-order valence-electron chi connectivity index (χ4n) is 2.80. The molecular formula is C17H10BrClF5NO. The average molecular weight is 455 g/mol. The SMILES string of the molecule is O=C1CCc2c(cc(F)c(Br)c2F)N1Cc1ccc(C(F)(F)F)cc1Cl. The predicted octanol–water partition coefficient (Wildman–Crippen LogP) is 5.88. The molecule has 0 N–H and O–H groups in total. The van der Waals surface area contributed by atoms with Gasteiger partial charge in [-0.3, -0.25) is 4.79 Å². The highest BCUT2D eigenvalue weighted by Crippen LogP contribution is 2.37. The first kappa shape index (κ1) is 19.1. The number of rotatable bonds is 2. The molecule has 2 aromatic rings. The Morgan fingerprint density at radius 1 is 1.15 bits per heavy atom. The second kappa shape index (κ2) is 6.81. The van der Waals surface area contributed by atoms with Gasteiger partial charge in [0, 0.05) is 17.0 Å². The van der Waals surface area contributed by atoms with E-state index in [2.05, 4.69) is 15.9 Å². The largest absolute Gasteiger partial charge is 0.416 e. The number of fused-ring (bicyclic) bond motifs is 1. The predicted molar refractivity (Wildman–Crippen MR) is 90.0 cm³/mol. The van der Waals surface area contributed by atoms with Crippen molar-refractivity contribution in [3.05, 3.63) is 62.1 Å². The minimum atomic E-state index is -4.55. The van der Waals surface area contributed by atoms with Gasteiger partial charge in [0.25, 0.3) is 0 Å². The van der Waals surface area contributed by atoms with E-state index < -0.39 is 29.3 Å². The zero-order valence-corrected chi connectivity index (χ0v) is 15.3. The van der Waals surface area contributed by atoms with Crippen LogP contribution in [-0.2, 0) is 23.9 Å². The number of benzene rings is 2. The van der Waals surface area contributed by atoms with E-state index >= 15 is 0 Å². The molecule has 138 valence electrons. The Kier molecular flexibility index (Phi) is 5.00. The van der Waals surface area contributed by atoms with Crippen LogP contribution in [0.4, 0.5) is 27.6 Å². The third-order valence-corrected chi connectivity index (χ3v) is 5.21. The summed E-state index contributed by atoms with van der Waals surface area (Å²) in [5, 5.41) is -0.183. The second-order valence-corrected chi connectivity index (χ2v) is 6.97. The van der Waals surface area contributed by atoms with Crippen molar-refractivity contribution < 1.29 is 26.7 Å². The first-order valence-corrected chi connectivity index (χ1v) is 8.59. The summed E-state index contributed by atoms with van der Waals surface area (Å²) in [6.45, 7) is -0.191. The molecule has 0 aliphatic carbocycles. The summed E-state index contributed by atoms with van der Waals surface area (Å²) >= 11 is 8.74. The Bertz CT molecular complexity index is 900. The van der Waals surface area contributed by atoms with Crippen molar-refractivity contribution in [2.75, 3.05) is 4.90 Å². The Balaban J connectivity index is 2.00. The highest BCUT2D eigenvalue weighted by Gasteiger charge is 2.32. The lowest BCUT2D eigenvalue weighted by Gasteiger charge is -2.30.